The standard InChI is InChI=1S/C13H18N2O/c16-13(15-10-12-8-14-9-12)7-6-11-4-2-1-3-5-11/h1-5,12,14H,6-10H2,(H,15,16). The van der Waals surface area contributed by atoms with Crippen LogP contribution in [-0.2, 0) is 11.2 Å². The molecule has 16 heavy (non-hydrogen) atoms. The van der Waals surface area contributed by atoms with Gasteiger partial charge in [0.2, 0.25) is 5.91 Å². The Kier molecular flexibility index (Phi) is 3.94. The summed E-state index contributed by atoms with van der Waals surface area (Å²) in [5.74, 6) is 0.802. The molecule has 1 heterocycles. The Bertz CT molecular complexity index is 333. The summed E-state index contributed by atoms with van der Waals surface area (Å²) >= 11 is 0. The van der Waals surface area contributed by atoms with E-state index in [2.05, 4.69) is 22.8 Å². The number of aryl methyl sites for hydroxylation is 1. The van der Waals surface area contributed by atoms with Crippen molar-refractivity contribution < 1.29 is 4.79 Å². The maximum atomic E-state index is 11.5. The maximum absolute atomic E-state index is 11.5. The number of hydrogen-bond acceptors (Lipinski definition) is 2. The van der Waals surface area contributed by atoms with Crippen molar-refractivity contribution in [1.82, 2.24) is 10.6 Å². The molecule has 1 amide bonds. The Balaban J connectivity index is 1.63. The van der Waals surface area contributed by atoms with Crippen molar-refractivity contribution in [2.24, 2.45) is 5.92 Å². The fourth-order valence-electron chi connectivity index (χ4n) is 1.74. The van der Waals surface area contributed by atoms with E-state index in [4.69, 9.17) is 0 Å². The average Bonchev–Trinajstić information content (AvgIpc) is 2.26. The molecule has 1 saturated heterocycles. The van der Waals surface area contributed by atoms with Gasteiger partial charge in [0, 0.05) is 32.0 Å². The number of carbonyl (C=O) groups is 1. The molecule has 0 unspecified atom stereocenters. The SMILES string of the molecule is O=C(CCc1ccccc1)NCC1CNC1. The Labute approximate surface area is 96.2 Å². The van der Waals surface area contributed by atoms with Crippen molar-refractivity contribution in [3.05, 3.63) is 35.9 Å². The van der Waals surface area contributed by atoms with Gasteiger partial charge in [0.05, 0.1) is 0 Å². The van der Waals surface area contributed by atoms with E-state index in [0.717, 1.165) is 26.1 Å². The lowest BCUT2D eigenvalue weighted by Gasteiger charge is -2.27. The fourth-order valence-corrected chi connectivity index (χ4v) is 1.74. The summed E-state index contributed by atoms with van der Waals surface area (Å²) in [6.45, 7) is 2.90. The number of benzene rings is 1. The minimum Gasteiger partial charge on any atom is -0.356 e. The van der Waals surface area contributed by atoms with E-state index in [1.165, 1.54) is 5.56 Å². The smallest absolute Gasteiger partial charge is 0.220 e. The highest BCUT2D eigenvalue weighted by molar-refractivity contribution is 5.76. The summed E-state index contributed by atoms with van der Waals surface area (Å²) in [7, 11) is 0. The van der Waals surface area contributed by atoms with Gasteiger partial charge in [-0.2, -0.15) is 0 Å². The summed E-state index contributed by atoms with van der Waals surface area (Å²) in [5, 5.41) is 6.17. The van der Waals surface area contributed by atoms with E-state index in [1.807, 2.05) is 18.2 Å². The monoisotopic (exact) mass is 218 g/mol. The van der Waals surface area contributed by atoms with Gasteiger partial charge >= 0.3 is 0 Å². The predicted octanol–water partition coefficient (Wildman–Crippen LogP) is 0.955. The molecule has 1 aromatic carbocycles. The molecule has 1 aliphatic rings. The van der Waals surface area contributed by atoms with Crippen LogP contribution in [0, 0.1) is 5.92 Å². The van der Waals surface area contributed by atoms with Crippen molar-refractivity contribution in [1.29, 1.82) is 0 Å². The van der Waals surface area contributed by atoms with Crippen molar-refractivity contribution in [3.8, 4) is 0 Å². The Hall–Kier alpha value is -1.35. The topological polar surface area (TPSA) is 41.1 Å². The van der Waals surface area contributed by atoms with E-state index in [0.29, 0.717) is 12.3 Å². The predicted molar refractivity (Wildman–Crippen MR) is 64.1 cm³/mol. The van der Waals surface area contributed by atoms with Crippen LogP contribution in [0.1, 0.15) is 12.0 Å². The zero-order valence-corrected chi connectivity index (χ0v) is 9.41. The van der Waals surface area contributed by atoms with Crippen molar-refractivity contribution in [2.45, 2.75) is 12.8 Å². The summed E-state index contributed by atoms with van der Waals surface area (Å²) in [6, 6.07) is 10.1. The summed E-state index contributed by atoms with van der Waals surface area (Å²) < 4.78 is 0. The highest BCUT2D eigenvalue weighted by Gasteiger charge is 2.16. The molecule has 86 valence electrons. The van der Waals surface area contributed by atoms with Crippen molar-refractivity contribution in [2.75, 3.05) is 19.6 Å². The molecule has 3 heteroatoms. The lowest BCUT2D eigenvalue weighted by atomic mass is 10.0. The first-order valence-corrected chi connectivity index (χ1v) is 5.86. The largest absolute Gasteiger partial charge is 0.356 e. The Morgan fingerprint density at radius 1 is 1.31 bits per heavy atom. The van der Waals surface area contributed by atoms with E-state index in [9.17, 15) is 4.79 Å². The van der Waals surface area contributed by atoms with Gasteiger partial charge in [-0.1, -0.05) is 30.3 Å². The van der Waals surface area contributed by atoms with Crippen LogP contribution in [0.15, 0.2) is 30.3 Å². The van der Waals surface area contributed by atoms with Crippen LogP contribution in [-0.4, -0.2) is 25.5 Å². The molecule has 0 aliphatic carbocycles. The van der Waals surface area contributed by atoms with E-state index < -0.39 is 0 Å². The summed E-state index contributed by atoms with van der Waals surface area (Å²) in [6.07, 6.45) is 1.42. The lowest BCUT2D eigenvalue weighted by molar-refractivity contribution is -0.121. The second-order valence-electron chi connectivity index (χ2n) is 4.31. The number of carbonyl (C=O) groups excluding carboxylic acids is 1. The van der Waals surface area contributed by atoms with Gasteiger partial charge in [0.25, 0.3) is 0 Å². The van der Waals surface area contributed by atoms with E-state index in [-0.39, 0.29) is 5.91 Å². The van der Waals surface area contributed by atoms with Crippen molar-refractivity contribution >= 4 is 5.91 Å². The minimum atomic E-state index is 0.163. The second-order valence-corrected chi connectivity index (χ2v) is 4.31. The first kappa shape index (κ1) is 11.1. The van der Waals surface area contributed by atoms with Crippen LogP contribution in [0.3, 0.4) is 0 Å². The molecule has 0 spiro atoms. The lowest BCUT2D eigenvalue weighted by Crippen LogP contribution is -2.48. The molecule has 0 bridgehead atoms. The third kappa shape index (κ3) is 3.35. The maximum Gasteiger partial charge on any atom is 0.220 e. The summed E-state index contributed by atoms with van der Waals surface area (Å²) in [5.41, 5.74) is 1.22. The van der Waals surface area contributed by atoms with Gasteiger partial charge in [-0.3, -0.25) is 4.79 Å². The van der Waals surface area contributed by atoms with E-state index in [1.54, 1.807) is 0 Å². The molecule has 0 aromatic heterocycles. The van der Waals surface area contributed by atoms with Crippen LogP contribution in [0.2, 0.25) is 0 Å². The van der Waals surface area contributed by atoms with Gasteiger partial charge in [-0.25, -0.2) is 0 Å². The molecule has 1 aliphatic heterocycles. The molecular weight excluding hydrogens is 200 g/mol. The number of rotatable bonds is 5. The van der Waals surface area contributed by atoms with Crippen LogP contribution in [0.4, 0.5) is 0 Å². The first-order valence-electron chi connectivity index (χ1n) is 5.86. The Morgan fingerprint density at radius 3 is 2.69 bits per heavy atom. The molecule has 2 rings (SSSR count). The molecule has 0 saturated carbocycles. The van der Waals surface area contributed by atoms with Crippen molar-refractivity contribution in [3.63, 3.8) is 0 Å². The molecule has 0 atom stereocenters. The zero-order chi connectivity index (χ0) is 11.2. The van der Waals surface area contributed by atoms with Gasteiger partial charge in [-0.15, -0.1) is 0 Å². The number of hydrogen-bond donors (Lipinski definition) is 2. The van der Waals surface area contributed by atoms with Gasteiger partial charge in [0.15, 0.2) is 0 Å². The highest BCUT2D eigenvalue weighted by Crippen LogP contribution is 2.03. The molecule has 1 fully saturated rings. The molecule has 0 radical (unpaired) electrons. The average molecular weight is 218 g/mol. The van der Waals surface area contributed by atoms with Crippen LogP contribution < -0.4 is 10.6 Å². The third-order valence-electron chi connectivity index (χ3n) is 2.94. The van der Waals surface area contributed by atoms with Crippen LogP contribution in [0.25, 0.3) is 0 Å². The number of nitrogens with one attached hydrogen (secondary N) is 2. The Morgan fingerprint density at radius 2 is 2.06 bits per heavy atom. The highest BCUT2D eigenvalue weighted by atomic mass is 16.1. The third-order valence-corrected chi connectivity index (χ3v) is 2.94. The van der Waals surface area contributed by atoms with E-state index >= 15 is 0 Å². The molecule has 2 N–H and O–H groups in total. The first-order chi connectivity index (χ1) is 7.84. The molecule has 1 aromatic rings. The normalized spacial score (nSPS) is 15.5. The quantitative estimate of drug-likeness (QED) is 0.772. The van der Waals surface area contributed by atoms with Crippen LogP contribution >= 0.6 is 0 Å². The molecule has 3 nitrogen and oxygen atoms in total. The van der Waals surface area contributed by atoms with Gasteiger partial charge in [0.1, 0.15) is 0 Å². The zero-order valence-electron chi connectivity index (χ0n) is 9.41. The number of amides is 1. The van der Waals surface area contributed by atoms with Gasteiger partial charge < -0.3 is 10.6 Å². The van der Waals surface area contributed by atoms with Crippen LogP contribution in [0.5, 0.6) is 0 Å². The fraction of sp³-hybridized carbons (Fsp3) is 0.462. The minimum absolute atomic E-state index is 0.163. The second kappa shape index (κ2) is 5.66. The molecular formula is C13H18N2O. The van der Waals surface area contributed by atoms with Gasteiger partial charge in [-0.05, 0) is 12.0 Å². The summed E-state index contributed by atoms with van der Waals surface area (Å²) in [4.78, 5) is 11.5.